The van der Waals surface area contributed by atoms with Gasteiger partial charge in [0.05, 0.1) is 0 Å². The highest BCUT2D eigenvalue weighted by Crippen LogP contribution is 2.47. The SMILES string of the molecule is c1ccc(-c2c3ccccc3c(-c3ccc(-c4ccc5c(c4)oc4ccc6ccc7c8ccccc8oc7c6c45)c4ccccc34)c3ccccc23)cc1. The number of fused-ring (bicyclic) bond motifs is 12. The first-order chi connectivity index (χ1) is 26.8. The van der Waals surface area contributed by atoms with E-state index in [0.717, 1.165) is 60.2 Å². The van der Waals surface area contributed by atoms with Crippen molar-refractivity contribution < 1.29 is 8.83 Å². The fourth-order valence-electron chi connectivity index (χ4n) is 9.13. The molecule has 0 fully saturated rings. The van der Waals surface area contributed by atoms with Crippen LogP contribution in [0.15, 0.2) is 191 Å². The van der Waals surface area contributed by atoms with E-state index in [2.05, 4.69) is 170 Å². The van der Waals surface area contributed by atoms with Crippen molar-refractivity contribution in [2.24, 2.45) is 0 Å². The molecule has 0 atom stereocenters. The monoisotopic (exact) mass is 686 g/mol. The molecule has 250 valence electrons. The Morgan fingerprint density at radius 2 is 0.852 bits per heavy atom. The molecule has 0 aliphatic rings. The fraction of sp³-hybridized carbons (Fsp3) is 0. The van der Waals surface area contributed by atoms with Crippen molar-refractivity contribution in [3.8, 4) is 33.4 Å². The molecule has 2 heterocycles. The van der Waals surface area contributed by atoms with E-state index in [-0.39, 0.29) is 0 Å². The highest BCUT2D eigenvalue weighted by molar-refractivity contribution is 6.28. The molecule has 0 N–H and O–H groups in total. The maximum absolute atomic E-state index is 6.65. The van der Waals surface area contributed by atoms with Gasteiger partial charge in [0.25, 0.3) is 0 Å². The second-order valence-electron chi connectivity index (χ2n) is 14.3. The minimum absolute atomic E-state index is 0.862. The average Bonchev–Trinajstić information content (AvgIpc) is 3.81. The van der Waals surface area contributed by atoms with Crippen LogP contribution in [0.25, 0.3) is 120 Å². The quantitative estimate of drug-likeness (QED) is 0.173. The van der Waals surface area contributed by atoms with Gasteiger partial charge in [0.1, 0.15) is 22.3 Å². The van der Waals surface area contributed by atoms with Gasteiger partial charge in [0.2, 0.25) is 0 Å². The lowest BCUT2D eigenvalue weighted by Gasteiger charge is -2.19. The molecule has 0 spiro atoms. The van der Waals surface area contributed by atoms with Gasteiger partial charge in [-0.15, -0.1) is 0 Å². The van der Waals surface area contributed by atoms with Gasteiger partial charge < -0.3 is 8.83 Å². The van der Waals surface area contributed by atoms with Crippen molar-refractivity contribution in [1.29, 1.82) is 0 Å². The van der Waals surface area contributed by atoms with Crippen LogP contribution in [-0.2, 0) is 0 Å². The third-order valence-corrected chi connectivity index (χ3v) is 11.5. The van der Waals surface area contributed by atoms with Crippen molar-refractivity contribution >= 4 is 87.0 Å². The number of furan rings is 2. The predicted octanol–water partition coefficient (Wildman–Crippen LogP) is 15.1. The lowest BCUT2D eigenvalue weighted by atomic mass is 9.84. The van der Waals surface area contributed by atoms with Crippen LogP contribution in [0.4, 0.5) is 0 Å². The van der Waals surface area contributed by atoms with Gasteiger partial charge in [-0.2, -0.15) is 0 Å². The second kappa shape index (κ2) is 11.2. The van der Waals surface area contributed by atoms with E-state index < -0.39 is 0 Å². The van der Waals surface area contributed by atoms with Crippen LogP contribution in [-0.4, -0.2) is 0 Å². The third-order valence-electron chi connectivity index (χ3n) is 11.5. The van der Waals surface area contributed by atoms with E-state index in [4.69, 9.17) is 8.83 Å². The van der Waals surface area contributed by atoms with E-state index in [1.54, 1.807) is 0 Å². The Bertz CT molecular complexity index is 3430. The summed E-state index contributed by atoms with van der Waals surface area (Å²) in [7, 11) is 0. The molecule has 0 amide bonds. The largest absolute Gasteiger partial charge is 0.456 e. The summed E-state index contributed by atoms with van der Waals surface area (Å²) in [5.74, 6) is 0. The van der Waals surface area contributed by atoms with Crippen LogP contribution < -0.4 is 0 Å². The maximum atomic E-state index is 6.65. The molecule has 0 aliphatic heterocycles. The Morgan fingerprint density at radius 3 is 1.59 bits per heavy atom. The van der Waals surface area contributed by atoms with Crippen molar-refractivity contribution in [3.63, 3.8) is 0 Å². The molecular formula is C52H30O2. The van der Waals surface area contributed by atoms with Gasteiger partial charge in [0.15, 0.2) is 0 Å². The number of para-hydroxylation sites is 1. The van der Waals surface area contributed by atoms with Gasteiger partial charge in [0, 0.05) is 26.9 Å². The van der Waals surface area contributed by atoms with Crippen molar-refractivity contribution in [2.45, 2.75) is 0 Å². The van der Waals surface area contributed by atoms with E-state index in [9.17, 15) is 0 Å². The van der Waals surface area contributed by atoms with E-state index in [1.807, 2.05) is 12.1 Å². The Hall–Kier alpha value is -7.16. The van der Waals surface area contributed by atoms with Gasteiger partial charge in [-0.05, 0) is 101 Å². The van der Waals surface area contributed by atoms with Crippen LogP contribution in [0.5, 0.6) is 0 Å². The van der Waals surface area contributed by atoms with Crippen LogP contribution in [0.1, 0.15) is 0 Å². The molecular weight excluding hydrogens is 657 g/mol. The minimum Gasteiger partial charge on any atom is -0.456 e. The van der Waals surface area contributed by atoms with Crippen LogP contribution in [0.2, 0.25) is 0 Å². The average molecular weight is 687 g/mol. The van der Waals surface area contributed by atoms with E-state index >= 15 is 0 Å². The first-order valence-electron chi connectivity index (χ1n) is 18.5. The van der Waals surface area contributed by atoms with Gasteiger partial charge >= 0.3 is 0 Å². The van der Waals surface area contributed by atoms with Crippen LogP contribution in [0.3, 0.4) is 0 Å². The Kier molecular flexibility index (Phi) is 6.09. The molecule has 0 bridgehead atoms. The molecule has 12 aromatic rings. The maximum Gasteiger partial charge on any atom is 0.144 e. The van der Waals surface area contributed by atoms with Crippen molar-refractivity contribution in [2.75, 3.05) is 0 Å². The summed E-state index contributed by atoms with van der Waals surface area (Å²) in [5.41, 5.74) is 10.8. The number of benzene rings is 10. The normalized spacial score (nSPS) is 12.1. The van der Waals surface area contributed by atoms with Crippen LogP contribution >= 0.6 is 0 Å². The van der Waals surface area contributed by atoms with Crippen LogP contribution in [0, 0.1) is 0 Å². The summed E-state index contributed by atoms with van der Waals surface area (Å²) in [6, 6.07) is 65.5. The van der Waals surface area contributed by atoms with E-state index in [0.29, 0.717) is 0 Å². The zero-order valence-corrected chi connectivity index (χ0v) is 29.1. The molecule has 2 heteroatoms. The molecule has 12 rings (SSSR count). The standard InChI is InChI=1S/C52H30O2/c1-2-12-31(13-3-1)48-38-17-6-8-19-40(38)50(41-20-9-7-18-39(41)48)42-28-27-34(35-14-4-5-15-36(35)42)33-23-26-44-47(30-33)53-46-29-24-32-22-25-43-37-16-10-11-21-45(37)54-52(43)49(32)51(44)46/h1-30H. The summed E-state index contributed by atoms with van der Waals surface area (Å²) in [6.45, 7) is 0. The lowest BCUT2D eigenvalue weighted by Crippen LogP contribution is -1.92. The third kappa shape index (κ3) is 4.11. The van der Waals surface area contributed by atoms with E-state index in [1.165, 1.54) is 60.1 Å². The Labute approximate surface area is 310 Å². The zero-order valence-electron chi connectivity index (χ0n) is 29.1. The van der Waals surface area contributed by atoms with Crippen molar-refractivity contribution in [3.05, 3.63) is 182 Å². The predicted molar refractivity (Wildman–Crippen MR) is 227 cm³/mol. The summed E-state index contributed by atoms with van der Waals surface area (Å²) >= 11 is 0. The summed E-state index contributed by atoms with van der Waals surface area (Å²) in [4.78, 5) is 0. The van der Waals surface area contributed by atoms with Crippen molar-refractivity contribution in [1.82, 2.24) is 0 Å². The molecule has 0 unspecified atom stereocenters. The summed E-state index contributed by atoms with van der Waals surface area (Å²) < 4.78 is 13.2. The molecule has 0 aliphatic carbocycles. The first kappa shape index (κ1) is 29.4. The molecule has 10 aromatic carbocycles. The molecule has 0 saturated heterocycles. The summed E-state index contributed by atoms with van der Waals surface area (Å²) in [5, 5.41) is 14.1. The molecule has 2 aromatic heterocycles. The summed E-state index contributed by atoms with van der Waals surface area (Å²) in [6.07, 6.45) is 0. The molecule has 0 radical (unpaired) electrons. The Balaban J connectivity index is 1.08. The second-order valence-corrected chi connectivity index (χ2v) is 14.3. The number of rotatable bonds is 3. The topological polar surface area (TPSA) is 26.3 Å². The minimum atomic E-state index is 0.862. The smallest absolute Gasteiger partial charge is 0.144 e. The van der Waals surface area contributed by atoms with Gasteiger partial charge in [-0.1, -0.05) is 152 Å². The van der Waals surface area contributed by atoms with Gasteiger partial charge in [-0.3, -0.25) is 0 Å². The lowest BCUT2D eigenvalue weighted by molar-refractivity contribution is 0.668. The zero-order chi connectivity index (χ0) is 35.3. The Morgan fingerprint density at radius 1 is 0.278 bits per heavy atom. The number of hydrogen-bond donors (Lipinski definition) is 0. The fourth-order valence-corrected chi connectivity index (χ4v) is 9.13. The highest BCUT2D eigenvalue weighted by Gasteiger charge is 2.20. The molecule has 54 heavy (non-hydrogen) atoms. The molecule has 0 saturated carbocycles. The first-order valence-corrected chi connectivity index (χ1v) is 18.5. The number of hydrogen-bond acceptors (Lipinski definition) is 2. The highest BCUT2D eigenvalue weighted by atomic mass is 16.3. The molecule has 2 nitrogen and oxygen atoms in total. The van der Waals surface area contributed by atoms with Gasteiger partial charge in [-0.25, -0.2) is 0 Å².